The quantitative estimate of drug-likeness (QED) is 0.533. The summed E-state index contributed by atoms with van der Waals surface area (Å²) >= 11 is 1.18. The Kier molecular flexibility index (Phi) is 4.02. The molecule has 0 aliphatic carbocycles. The first-order chi connectivity index (χ1) is 11.0. The molecule has 0 aliphatic rings. The molecule has 0 radical (unpaired) electrons. The summed E-state index contributed by atoms with van der Waals surface area (Å²) in [6, 6.07) is 7.52. The number of rotatable bonds is 4. The number of aryl methyl sites for hydroxylation is 1. The maximum atomic E-state index is 11.9. The molecule has 0 fully saturated rings. The number of carbonyl (C=O) groups is 1. The van der Waals surface area contributed by atoms with Gasteiger partial charge in [-0.1, -0.05) is 29.5 Å². The predicted octanol–water partition coefficient (Wildman–Crippen LogP) is 1.27. The predicted molar refractivity (Wildman–Crippen MR) is 89.5 cm³/mol. The molecule has 1 aromatic carbocycles. The summed E-state index contributed by atoms with van der Waals surface area (Å²) in [6.45, 7) is 1.98. The molecule has 2 aromatic heterocycles. The zero-order valence-corrected chi connectivity index (χ0v) is 13.0. The van der Waals surface area contributed by atoms with Crippen LogP contribution < -0.4 is 16.6 Å². The number of nitrogen functional groups attached to an aromatic ring is 1. The second-order valence-corrected chi connectivity index (χ2v) is 5.86. The highest BCUT2D eigenvalue weighted by atomic mass is 32.2. The van der Waals surface area contributed by atoms with E-state index in [9.17, 15) is 9.59 Å². The van der Waals surface area contributed by atoms with Crippen molar-refractivity contribution in [1.29, 1.82) is 0 Å². The highest BCUT2D eigenvalue weighted by Gasteiger charge is 2.11. The molecule has 3 aromatic rings. The Morgan fingerprint density at radius 2 is 2.00 bits per heavy atom. The summed E-state index contributed by atoms with van der Waals surface area (Å²) in [7, 11) is 0. The van der Waals surface area contributed by atoms with E-state index in [4.69, 9.17) is 5.73 Å². The Hall–Kier alpha value is -2.81. The van der Waals surface area contributed by atoms with Crippen LogP contribution in [-0.4, -0.2) is 31.6 Å². The Morgan fingerprint density at radius 3 is 2.74 bits per heavy atom. The zero-order valence-electron chi connectivity index (χ0n) is 12.2. The van der Waals surface area contributed by atoms with Gasteiger partial charge < -0.3 is 16.0 Å². The number of benzene rings is 1. The van der Waals surface area contributed by atoms with Gasteiger partial charge in [0.2, 0.25) is 11.9 Å². The lowest BCUT2D eigenvalue weighted by molar-refractivity contribution is -0.113. The third-order valence-corrected chi connectivity index (χ3v) is 3.91. The lowest BCUT2D eigenvalue weighted by Crippen LogP contribution is -2.14. The van der Waals surface area contributed by atoms with Crippen LogP contribution in [0.4, 0.5) is 11.6 Å². The van der Waals surface area contributed by atoms with Crippen LogP contribution in [-0.2, 0) is 4.79 Å². The largest absolute Gasteiger partial charge is 0.369 e. The van der Waals surface area contributed by atoms with Crippen molar-refractivity contribution in [2.75, 3.05) is 16.8 Å². The smallest absolute Gasteiger partial charge is 0.278 e. The van der Waals surface area contributed by atoms with Crippen molar-refractivity contribution in [3.8, 4) is 0 Å². The number of imidazole rings is 1. The minimum absolute atomic E-state index is 0.00247. The number of aromatic amines is 2. The van der Waals surface area contributed by atoms with Crippen LogP contribution in [0.25, 0.3) is 11.2 Å². The van der Waals surface area contributed by atoms with E-state index in [2.05, 4.69) is 25.3 Å². The number of carbonyl (C=O) groups excluding carboxylic acids is 1. The number of nitrogens with zero attached hydrogens (tertiary/aromatic N) is 2. The van der Waals surface area contributed by atoms with Crippen molar-refractivity contribution in [2.24, 2.45) is 0 Å². The van der Waals surface area contributed by atoms with Gasteiger partial charge in [0, 0.05) is 5.69 Å². The molecule has 1 amide bonds. The molecule has 0 aliphatic heterocycles. The number of aromatic nitrogens is 4. The molecule has 0 bridgehead atoms. The van der Waals surface area contributed by atoms with Gasteiger partial charge in [-0.2, -0.15) is 4.98 Å². The normalized spacial score (nSPS) is 10.8. The number of nitrogens with two attached hydrogens (primary N) is 1. The van der Waals surface area contributed by atoms with Gasteiger partial charge in [-0.15, -0.1) is 0 Å². The van der Waals surface area contributed by atoms with Gasteiger partial charge in [-0.3, -0.25) is 14.6 Å². The third kappa shape index (κ3) is 3.51. The van der Waals surface area contributed by atoms with E-state index in [-0.39, 0.29) is 28.8 Å². The number of thioether (sulfide) groups is 1. The monoisotopic (exact) mass is 330 g/mol. The highest BCUT2D eigenvalue weighted by Crippen LogP contribution is 2.17. The highest BCUT2D eigenvalue weighted by molar-refractivity contribution is 7.99. The van der Waals surface area contributed by atoms with Crippen molar-refractivity contribution < 1.29 is 4.79 Å². The van der Waals surface area contributed by atoms with Gasteiger partial charge in [0.15, 0.2) is 16.3 Å². The Morgan fingerprint density at radius 1 is 1.26 bits per heavy atom. The van der Waals surface area contributed by atoms with Crippen molar-refractivity contribution >= 4 is 40.5 Å². The molecule has 0 atom stereocenters. The Balaban J connectivity index is 1.66. The van der Waals surface area contributed by atoms with E-state index in [1.165, 1.54) is 11.8 Å². The number of H-pyrrole nitrogens is 2. The number of hydrogen-bond donors (Lipinski definition) is 4. The van der Waals surface area contributed by atoms with E-state index >= 15 is 0 Å². The number of fused-ring (bicyclic) bond motifs is 1. The summed E-state index contributed by atoms with van der Waals surface area (Å²) in [6.07, 6.45) is 0. The molecule has 9 heteroatoms. The van der Waals surface area contributed by atoms with Gasteiger partial charge in [0.1, 0.15) is 0 Å². The topological polar surface area (TPSA) is 130 Å². The molecule has 0 saturated heterocycles. The molecule has 3 rings (SSSR count). The van der Waals surface area contributed by atoms with Crippen LogP contribution in [0.2, 0.25) is 0 Å². The molecule has 0 spiro atoms. The van der Waals surface area contributed by atoms with E-state index in [1.807, 2.05) is 31.2 Å². The van der Waals surface area contributed by atoms with Crippen LogP contribution in [0.3, 0.4) is 0 Å². The Labute approximate surface area is 134 Å². The lowest BCUT2D eigenvalue weighted by Gasteiger charge is -2.04. The van der Waals surface area contributed by atoms with Crippen molar-refractivity contribution in [3.05, 3.63) is 40.2 Å². The molecule has 8 nitrogen and oxygen atoms in total. The third-order valence-electron chi connectivity index (χ3n) is 3.03. The first kappa shape index (κ1) is 15.1. The average Bonchev–Trinajstić information content (AvgIpc) is 2.91. The summed E-state index contributed by atoms with van der Waals surface area (Å²) in [5, 5.41) is 3.22. The number of hydrogen-bond acceptors (Lipinski definition) is 6. The van der Waals surface area contributed by atoms with Crippen LogP contribution in [0.5, 0.6) is 0 Å². The van der Waals surface area contributed by atoms with Crippen LogP contribution in [0.15, 0.2) is 34.2 Å². The summed E-state index contributed by atoms with van der Waals surface area (Å²) in [5.74, 6) is -0.00971. The second-order valence-electron chi connectivity index (χ2n) is 4.89. The molecular weight excluding hydrogens is 316 g/mol. The SMILES string of the molecule is Cc1ccc(NC(=O)CSc2nc3nc(N)[nH]c(=O)c3[nH]2)cc1. The van der Waals surface area contributed by atoms with Crippen molar-refractivity contribution in [2.45, 2.75) is 12.1 Å². The molecule has 2 heterocycles. The van der Waals surface area contributed by atoms with Gasteiger partial charge in [0.05, 0.1) is 5.75 Å². The molecular formula is C14H14N6O2S. The van der Waals surface area contributed by atoms with Gasteiger partial charge >= 0.3 is 0 Å². The van der Waals surface area contributed by atoms with E-state index < -0.39 is 5.56 Å². The summed E-state index contributed by atoms with van der Waals surface area (Å²) in [5.41, 5.74) is 7.39. The van der Waals surface area contributed by atoms with E-state index in [0.29, 0.717) is 5.16 Å². The van der Waals surface area contributed by atoms with Gasteiger partial charge in [0.25, 0.3) is 5.56 Å². The maximum absolute atomic E-state index is 11.9. The minimum atomic E-state index is -0.393. The summed E-state index contributed by atoms with van der Waals surface area (Å²) in [4.78, 5) is 36.9. The first-order valence-electron chi connectivity index (χ1n) is 6.76. The van der Waals surface area contributed by atoms with Gasteiger partial charge in [-0.05, 0) is 19.1 Å². The van der Waals surface area contributed by atoms with Crippen LogP contribution >= 0.6 is 11.8 Å². The minimum Gasteiger partial charge on any atom is -0.369 e. The van der Waals surface area contributed by atoms with Gasteiger partial charge in [-0.25, -0.2) is 4.98 Å². The molecule has 0 saturated carbocycles. The molecule has 0 unspecified atom stereocenters. The summed E-state index contributed by atoms with van der Waals surface area (Å²) < 4.78 is 0. The fourth-order valence-electron chi connectivity index (χ4n) is 1.94. The van der Waals surface area contributed by atoms with E-state index in [0.717, 1.165) is 11.3 Å². The zero-order chi connectivity index (χ0) is 16.4. The average molecular weight is 330 g/mol. The number of amides is 1. The first-order valence-corrected chi connectivity index (χ1v) is 7.74. The molecule has 23 heavy (non-hydrogen) atoms. The van der Waals surface area contributed by atoms with Crippen LogP contribution in [0, 0.1) is 6.92 Å². The van der Waals surface area contributed by atoms with Crippen LogP contribution in [0.1, 0.15) is 5.56 Å². The number of nitrogens with one attached hydrogen (secondary N) is 3. The second kappa shape index (κ2) is 6.13. The standard InChI is InChI=1S/C14H14N6O2S/c1-7-2-4-8(5-3-7)16-9(21)6-23-14-17-10-11(19-14)18-13(15)20-12(10)22/h2-5H,6H2,1H3,(H,16,21)(H4,15,17,18,19,20,22). The maximum Gasteiger partial charge on any atom is 0.278 e. The Bertz CT molecular complexity index is 915. The fourth-order valence-corrected chi connectivity index (χ4v) is 2.60. The fraction of sp³-hybridized carbons (Fsp3) is 0.143. The number of anilines is 2. The lowest BCUT2D eigenvalue weighted by atomic mass is 10.2. The molecule has 118 valence electrons. The van der Waals surface area contributed by atoms with Crippen molar-refractivity contribution in [1.82, 2.24) is 19.9 Å². The molecule has 5 N–H and O–H groups in total. The van der Waals surface area contributed by atoms with Crippen molar-refractivity contribution in [3.63, 3.8) is 0 Å². The van der Waals surface area contributed by atoms with E-state index in [1.54, 1.807) is 0 Å².